The first-order chi connectivity index (χ1) is 7.04. The molecule has 1 aliphatic rings. The highest BCUT2D eigenvalue weighted by Gasteiger charge is 2.26. The van der Waals surface area contributed by atoms with Gasteiger partial charge in [-0.25, -0.2) is 8.42 Å². The molecule has 0 spiro atoms. The molecule has 0 atom stereocenters. The zero-order chi connectivity index (χ0) is 11.1. The first-order valence-electron chi connectivity index (χ1n) is 4.54. The fourth-order valence-electron chi connectivity index (χ4n) is 1.68. The van der Waals surface area contributed by atoms with Gasteiger partial charge >= 0.3 is 0 Å². The molecule has 0 fully saturated rings. The van der Waals surface area contributed by atoms with Crippen LogP contribution in [-0.2, 0) is 9.84 Å². The van der Waals surface area contributed by atoms with Gasteiger partial charge in [0.15, 0.2) is 0 Å². The topological polar surface area (TPSA) is 80.4 Å². The Balaban J connectivity index is 2.63. The van der Waals surface area contributed by atoms with E-state index in [1.807, 2.05) is 0 Å². The van der Waals surface area contributed by atoms with Gasteiger partial charge in [-0.05, 0) is 36.7 Å². The summed E-state index contributed by atoms with van der Waals surface area (Å²) in [6.07, 6.45) is 0.496. The van der Waals surface area contributed by atoms with Gasteiger partial charge in [0.1, 0.15) is 5.75 Å². The maximum Gasteiger partial charge on any atom is 0.200 e. The van der Waals surface area contributed by atoms with Crippen LogP contribution in [0.5, 0.6) is 5.75 Å². The lowest BCUT2D eigenvalue weighted by molar-refractivity contribution is 0.474. The minimum atomic E-state index is -3.32. The van der Waals surface area contributed by atoms with Crippen LogP contribution >= 0.6 is 0 Å². The molecule has 0 aromatic heterocycles. The van der Waals surface area contributed by atoms with Gasteiger partial charge in [-0.1, -0.05) is 0 Å². The van der Waals surface area contributed by atoms with Crippen molar-refractivity contribution in [2.75, 3.05) is 6.54 Å². The zero-order valence-corrected chi connectivity index (χ0v) is 8.79. The van der Waals surface area contributed by atoms with Crippen LogP contribution in [0, 0.1) is 0 Å². The van der Waals surface area contributed by atoms with E-state index in [2.05, 4.69) is 0 Å². The van der Waals surface area contributed by atoms with Crippen LogP contribution in [0.2, 0.25) is 0 Å². The molecule has 0 aliphatic carbocycles. The second kappa shape index (κ2) is 3.36. The molecule has 5 heteroatoms. The van der Waals surface area contributed by atoms with E-state index >= 15 is 0 Å². The van der Waals surface area contributed by atoms with Crippen molar-refractivity contribution in [3.8, 4) is 5.75 Å². The number of hydrogen-bond acceptors (Lipinski definition) is 4. The number of phenolic OH excluding ortho intramolecular Hbond substituents is 1. The largest absolute Gasteiger partial charge is 0.508 e. The first-order valence-corrected chi connectivity index (χ1v) is 6.08. The first kappa shape index (κ1) is 10.2. The summed E-state index contributed by atoms with van der Waals surface area (Å²) in [7, 11) is -3.32. The third kappa shape index (κ3) is 1.64. The van der Waals surface area contributed by atoms with Gasteiger partial charge in [0, 0.05) is 11.0 Å². The van der Waals surface area contributed by atoms with E-state index < -0.39 is 9.84 Å². The van der Waals surface area contributed by atoms with E-state index in [1.165, 1.54) is 23.6 Å². The highest BCUT2D eigenvalue weighted by Crippen LogP contribution is 2.36. The van der Waals surface area contributed by atoms with Crippen LogP contribution < -0.4 is 5.73 Å². The number of aromatic hydroxyl groups is 1. The lowest BCUT2D eigenvalue weighted by Crippen LogP contribution is -1.98. The van der Waals surface area contributed by atoms with E-state index in [0.29, 0.717) is 24.1 Å². The maximum absolute atomic E-state index is 11.7. The third-order valence-corrected chi connectivity index (χ3v) is 3.89. The van der Waals surface area contributed by atoms with Gasteiger partial charge in [0.2, 0.25) is 9.84 Å². The molecule has 3 N–H and O–H groups in total. The van der Waals surface area contributed by atoms with Crippen molar-refractivity contribution in [3.63, 3.8) is 0 Å². The molecule has 0 saturated heterocycles. The molecule has 1 aromatic rings. The Morgan fingerprint density at radius 2 is 2.07 bits per heavy atom. The fraction of sp³-hybridized carbons (Fsp3) is 0.200. The van der Waals surface area contributed by atoms with Gasteiger partial charge in [-0.2, -0.15) is 0 Å². The molecule has 80 valence electrons. The summed E-state index contributed by atoms with van der Waals surface area (Å²) in [5.74, 6) is 0.0637. The van der Waals surface area contributed by atoms with Crippen molar-refractivity contribution in [1.29, 1.82) is 0 Å². The molecular weight excluding hydrogens is 214 g/mol. The normalized spacial score (nSPS) is 17.3. The van der Waals surface area contributed by atoms with Crippen molar-refractivity contribution in [2.24, 2.45) is 5.73 Å². The Hall–Kier alpha value is -1.33. The molecule has 1 aliphatic heterocycles. The summed E-state index contributed by atoms with van der Waals surface area (Å²) in [5.41, 5.74) is 6.63. The minimum absolute atomic E-state index is 0.0637. The molecule has 15 heavy (non-hydrogen) atoms. The van der Waals surface area contributed by atoms with Crippen LogP contribution in [0.3, 0.4) is 0 Å². The van der Waals surface area contributed by atoms with Crippen molar-refractivity contribution in [2.45, 2.75) is 11.3 Å². The van der Waals surface area contributed by atoms with Gasteiger partial charge in [-0.3, -0.25) is 0 Å². The van der Waals surface area contributed by atoms with E-state index in [4.69, 9.17) is 5.73 Å². The maximum atomic E-state index is 11.7. The molecule has 0 radical (unpaired) electrons. The molecule has 4 nitrogen and oxygen atoms in total. The van der Waals surface area contributed by atoms with Crippen molar-refractivity contribution in [3.05, 3.63) is 29.2 Å². The summed E-state index contributed by atoms with van der Waals surface area (Å²) < 4.78 is 23.3. The Bertz CT molecular complexity index is 532. The van der Waals surface area contributed by atoms with Gasteiger partial charge in [0.05, 0.1) is 4.90 Å². The Labute approximate surface area is 88.0 Å². The zero-order valence-electron chi connectivity index (χ0n) is 7.97. The second-order valence-electron chi connectivity index (χ2n) is 3.41. The van der Waals surface area contributed by atoms with Crippen LogP contribution in [0.1, 0.15) is 12.0 Å². The van der Waals surface area contributed by atoms with Crippen LogP contribution in [0.15, 0.2) is 28.5 Å². The SMILES string of the molecule is NCCC1=CS(=O)(=O)c2ccc(O)cc21. The van der Waals surface area contributed by atoms with Crippen molar-refractivity contribution >= 4 is 15.4 Å². The van der Waals surface area contributed by atoms with Crippen LogP contribution in [0.25, 0.3) is 5.57 Å². The number of hydrogen-bond donors (Lipinski definition) is 2. The summed E-state index contributed by atoms with van der Waals surface area (Å²) in [6.45, 7) is 0.385. The number of sulfone groups is 1. The molecule has 0 saturated carbocycles. The van der Waals surface area contributed by atoms with E-state index in [9.17, 15) is 13.5 Å². The Morgan fingerprint density at radius 3 is 2.73 bits per heavy atom. The molecule has 0 amide bonds. The number of phenols is 1. The predicted octanol–water partition coefficient (Wildman–Crippen LogP) is 0.869. The van der Waals surface area contributed by atoms with E-state index in [1.54, 1.807) is 0 Å². The van der Waals surface area contributed by atoms with Crippen LogP contribution in [0.4, 0.5) is 0 Å². The van der Waals surface area contributed by atoms with Gasteiger partial charge < -0.3 is 10.8 Å². The summed E-state index contributed by atoms with van der Waals surface area (Å²) in [5, 5.41) is 10.5. The van der Waals surface area contributed by atoms with Crippen molar-refractivity contribution in [1.82, 2.24) is 0 Å². The molecule has 1 aromatic carbocycles. The molecule has 1 heterocycles. The third-order valence-electron chi connectivity index (χ3n) is 2.33. The van der Waals surface area contributed by atoms with Gasteiger partial charge in [0.25, 0.3) is 0 Å². The van der Waals surface area contributed by atoms with E-state index in [0.717, 1.165) is 0 Å². The monoisotopic (exact) mass is 225 g/mol. The quantitative estimate of drug-likeness (QED) is 0.782. The highest BCUT2D eigenvalue weighted by molar-refractivity contribution is 7.95. The number of fused-ring (bicyclic) bond motifs is 1. The molecular formula is C10H11NO3S. The van der Waals surface area contributed by atoms with Crippen molar-refractivity contribution < 1.29 is 13.5 Å². The lowest BCUT2D eigenvalue weighted by Gasteiger charge is -2.03. The minimum Gasteiger partial charge on any atom is -0.508 e. The van der Waals surface area contributed by atoms with E-state index in [-0.39, 0.29) is 10.6 Å². The average molecular weight is 225 g/mol. The number of rotatable bonds is 2. The van der Waals surface area contributed by atoms with Gasteiger partial charge in [-0.15, -0.1) is 0 Å². The second-order valence-corrected chi connectivity index (χ2v) is 5.17. The molecule has 2 rings (SSSR count). The predicted molar refractivity (Wildman–Crippen MR) is 56.9 cm³/mol. The summed E-state index contributed by atoms with van der Waals surface area (Å²) in [6, 6.07) is 4.25. The Kier molecular flexibility index (Phi) is 2.28. The Morgan fingerprint density at radius 1 is 1.33 bits per heavy atom. The summed E-state index contributed by atoms with van der Waals surface area (Å²) in [4.78, 5) is 0.253. The summed E-state index contributed by atoms with van der Waals surface area (Å²) >= 11 is 0. The highest BCUT2D eigenvalue weighted by atomic mass is 32.2. The standard InChI is InChI=1S/C10H11NO3S/c11-4-3-7-6-15(13,14)10-2-1-8(12)5-9(7)10/h1-2,5-6,12H,3-4,11H2. The smallest absolute Gasteiger partial charge is 0.200 e. The molecule has 0 unspecified atom stereocenters. The lowest BCUT2D eigenvalue weighted by atomic mass is 10.0. The number of benzene rings is 1. The molecule has 0 bridgehead atoms. The average Bonchev–Trinajstić information content (AvgIpc) is 2.39. The van der Waals surface area contributed by atoms with Crippen LogP contribution in [-0.4, -0.2) is 20.1 Å². The fourth-order valence-corrected chi connectivity index (χ4v) is 3.18. The number of nitrogens with two attached hydrogens (primary N) is 1.